The Labute approximate surface area is 73.7 Å². The molecule has 0 aliphatic heterocycles. The van der Waals surface area contributed by atoms with E-state index in [-0.39, 0.29) is 0 Å². The van der Waals surface area contributed by atoms with E-state index < -0.39 is 27.4 Å². The first kappa shape index (κ1) is 12.2. The summed E-state index contributed by atoms with van der Waals surface area (Å²) in [6, 6.07) is 0. The zero-order chi connectivity index (χ0) is 9.72. The van der Waals surface area contributed by atoms with Crippen LogP contribution in [-0.4, -0.2) is 21.1 Å². The van der Waals surface area contributed by atoms with Gasteiger partial charge in [-0.3, -0.25) is 0 Å². The molecule has 6 heteroatoms. The van der Waals surface area contributed by atoms with Gasteiger partial charge in [0.2, 0.25) is 0 Å². The highest BCUT2D eigenvalue weighted by atomic mass is 31.2. The third-order valence-corrected chi connectivity index (χ3v) is 4.67. The summed E-state index contributed by atoms with van der Waals surface area (Å²) >= 11 is 0. The van der Waals surface area contributed by atoms with Crippen LogP contribution in [0.25, 0.3) is 0 Å². The monoisotopic (exact) mass is 212 g/mol. The van der Waals surface area contributed by atoms with Gasteiger partial charge < -0.3 is 9.79 Å². The number of hydrogen-bond acceptors (Lipinski definition) is 4. The summed E-state index contributed by atoms with van der Waals surface area (Å²) < 4.78 is 21.3. The van der Waals surface area contributed by atoms with Crippen molar-refractivity contribution in [1.29, 1.82) is 0 Å². The van der Waals surface area contributed by atoms with E-state index in [2.05, 4.69) is 0 Å². The maximum absolute atomic E-state index is 10.7. The molecule has 2 atom stereocenters. The molecule has 0 heterocycles. The molecular weight excluding hydrogens is 198 g/mol. The molecule has 2 N–H and O–H groups in total. The van der Waals surface area contributed by atoms with Crippen molar-refractivity contribution < 1.29 is 18.9 Å². The Morgan fingerprint density at radius 3 is 1.58 bits per heavy atom. The van der Waals surface area contributed by atoms with Crippen molar-refractivity contribution in [3.63, 3.8) is 0 Å². The fourth-order valence-corrected chi connectivity index (χ4v) is 3.47. The van der Waals surface area contributed by atoms with Gasteiger partial charge in [0.1, 0.15) is 0 Å². The minimum Gasteiger partial charge on any atom is -0.350 e. The molecule has 72 valence electrons. The van der Waals surface area contributed by atoms with Crippen LogP contribution in [0.4, 0.5) is 0 Å². The van der Waals surface area contributed by atoms with Crippen molar-refractivity contribution >= 4 is 16.1 Å². The molecule has 0 aromatic rings. The van der Waals surface area contributed by atoms with Crippen LogP contribution in [0.5, 0.6) is 0 Å². The molecule has 0 saturated carbocycles. The van der Waals surface area contributed by atoms with E-state index in [1.165, 1.54) is 0 Å². The van der Waals surface area contributed by atoms with Crippen molar-refractivity contribution in [2.24, 2.45) is 0 Å². The van der Waals surface area contributed by atoms with Gasteiger partial charge in [-0.2, -0.15) is 0 Å². The molecule has 2 unspecified atom stereocenters. The number of hydrogen-bond donors (Lipinski definition) is 2. The van der Waals surface area contributed by atoms with Gasteiger partial charge in [0.05, 0.1) is 5.66 Å². The predicted molar refractivity (Wildman–Crippen MR) is 47.8 cm³/mol. The topological polar surface area (TPSA) is 74.6 Å². The second kappa shape index (κ2) is 5.82. The minimum atomic E-state index is -2.55. The maximum Gasteiger partial charge on any atom is 0.319 e. The minimum absolute atomic E-state index is 0.442. The first-order valence-electron chi connectivity index (χ1n) is 3.85. The molecule has 0 aromatic heterocycles. The summed E-state index contributed by atoms with van der Waals surface area (Å²) in [6.45, 7) is 3.49. The molecule has 0 radical (unpaired) electrons. The van der Waals surface area contributed by atoms with E-state index in [1.807, 2.05) is 0 Å². The van der Waals surface area contributed by atoms with Crippen molar-refractivity contribution in [3.8, 4) is 0 Å². The van der Waals surface area contributed by atoms with Crippen LogP contribution >= 0.6 is 16.1 Å². The lowest BCUT2D eigenvalue weighted by Gasteiger charge is -2.19. The Kier molecular flexibility index (Phi) is 5.94. The van der Waals surface area contributed by atoms with Crippen LogP contribution in [0.1, 0.15) is 26.7 Å². The summed E-state index contributed by atoms with van der Waals surface area (Å²) in [7, 11) is -4.67. The second-order valence-electron chi connectivity index (χ2n) is 2.56. The van der Waals surface area contributed by atoms with Crippen LogP contribution in [0, 0.1) is 0 Å². The first-order chi connectivity index (χ1) is 5.54. The van der Waals surface area contributed by atoms with E-state index in [0.29, 0.717) is 12.8 Å². The summed E-state index contributed by atoms with van der Waals surface area (Å²) in [4.78, 5) is 17.8. The fourth-order valence-electron chi connectivity index (χ4n) is 1.15. The van der Waals surface area contributed by atoms with E-state index in [9.17, 15) is 9.13 Å². The lowest BCUT2D eigenvalue weighted by molar-refractivity contribution is 0.445. The summed E-state index contributed by atoms with van der Waals surface area (Å²) in [6.07, 6.45) is 0.928. The molecule has 0 rings (SSSR count). The predicted octanol–water partition coefficient (Wildman–Crippen LogP) is 2.01. The van der Waals surface area contributed by atoms with E-state index in [1.54, 1.807) is 13.8 Å². The van der Waals surface area contributed by atoms with Crippen LogP contribution in [0.3, 0.4) is 0 Å². The average Bonchev–Trinajstić information content (AvgIpc) is 1.98. The van der Waals surface area contributed by atoms with E-state index >= 15 is 0 Å². The first-order valence-corrected chi connectivity index (χ1v) is 6.41. The molecule has 0 aliphatic carbocycles. The molecular formula is C6H14O4P2. The molecule has 12 heavy (non-hydrogen) atoms. The van der Waals surface area contributed by atoms with Crippen LogP contribution in [0.15, 0.2) is 0 Å². The zero-order valence-corrected chi connectivity index (χ0v) is 8.96. The van der Waals surface area contributed by atoms with Gasteiger partial charge in [-0.05, 0) is 12.8 Å². The van der Waals surface area contributed by atoms with Gasteiger partial charge in [0, 0.05) is 5.66 Å². The van der Waals surface area contributed by atoms with Crippen molar-refractivity contribution in [3.05, 3.63) is 0 Å². The van der Waals surface area contributed by atoms with Crippen molar-refractivity contribution in [1.82, 2.24) is 0 Å². The Morgan fingerprint density at radius 1 is 1.08 bits per heavy atom. The highest BCUT2D eigenvalue weighted by Crippen LogP contribution is 2.42. The lowest BCUT2D eigenvalue weighted by atomic mass is 10.2. The number of rotatable bonds is 5. The normalized spacial score (nSPS) is 16.1. The Hall–Kier alpha value is 0.250. The fraction of sp³-hybridized carbons (Fsp3) is 1.00. The Balaban J connectivity index is 4.44. The summed E-state index contributed by atoms with van der Waals surface area (Å²) in [5.41, 5.74) is -1.09. The third-order valence-electron chi connectivity index (χ3n) is 1.85. The third kappa shape index (κ3) is 3.32. The second-order valence-corrected chi connectivity index (χ2v) is 5.09. The molecule has 0 saturated heterocycles. The largest absolute Gasteiger partial charge is 0.350 e. The van der Waals surface area contributed by atoms with Gasteiger partial charge in [-0.1, -0.05) is 13.8 Å². The van der Waals surface area contributed by atoms with Gasteiger partial charge in [-0.15, -0.1) is 0 Å². The van der Waals surface area contributed by atoms with Gasteiger partial charge in [0.25, 0.3) is 0 Å². The molecule has 4 nitrogen and oxygen atoms in total. The molecule has 0 fully saturated rings. The van der Waals surface area contributed by atoms with Crippen LogP contribution < -0.4 is 0 Å². The molecule has 0 aliphatic rings. The summed E-state index contributed by atoms with van der Waals surface area (Å²) in [5, 5.41) is 0. The average molecular weight is 212 g/mol. The van der Waals surface area contributed by atoms with Crippen LogP contribution in [0.2, 0.25) is 0 Å². The Morgan fingerprint density at radius 2 is 1.50 bits per heavy atom. The zero-order valence-electron chi connectivity index (χ0n) is 7.17. The van der Waals surface area contributed by atoms with E-state index in [4.69, 9.17) is 9.79 Å². The molecule has 0 bridgehead atoms. The molecule has 0 aromatic carbocycles. The molecule has 0 amide bonds. The highest BCUT2D eigenvalue weighted by Gasteiger charge is 2.29. The van der Waals surface area contributed by atoms with Gasteiger partial charge in [-0.25, -0.2) is 9.13 Å². The standard InChI is InChI=1S/C6H14O4P2/c1-3-5(11(7)8)6(4-2)12(9)10/h5-8H,3-4H2,1-2H3. The van der Waals surface area contributed by atoms with Crippen molar-refractivity contribution in [2.45, 2.75) is 38.0 Å². The maximum atomic E-state index is 10.7. The van der Waals surface area contributed by atoms with Crippen LogP contribution in [-0.2, 0) is 9.13 Å². The quantitative estimate of drug-likeness (QED) is 0.683. The van der Waals surface area contributed by atoms with Crippen molar-refractivity contribution in [2.75, 3.05) is 0 Å². The molecule has 0 spiro atoms. The smallest absolute Gasteiger partial charge is 0.319 e. The van der Waals surface area contributed by atoms with Gasteiger partial charge in [0.15, 0.2) is 8.38 Å². The summed E-state index contributed by atoms with van der Waals surface area (Å²) in [5.74, 6) is 0. The Bertz CT molecular complexity index is 182. The highest BCUT2D eigenvalue weighted by molar-refractivity contribution is 7.47. The lowest BCUT2D eigenvalue weighted by Crippen LogP contribution is -2.18. The van der Waals surface area contributed by atoms with Gasteiger partial charge >= 0.3 is 7.68 Å². The SMILES string of the molecule is CCC(C(CC)P(=O)=O)P(O)O. The van der Waals surface area contributed by atoms with E-state index in [0.717, 1.165) is 0 Å².